The second-order valence-electron chi connectivity index (χ2n) is 4.67. The van der Waals surface area contributed by atoms with E-state index in [1.54, 1.807) is 12.3 Å². The molecular weight excluding hydrogens is 268 g/mol. The summed E-state index contributed by atoms with van der Waals surface area (Å²) in [4.78, 5) is 20.4. The number of carbonyl (C=O) groups is 1. The van der Waals surface area contributed by atoms with Gasteiger partial charge < -0.3 is 9.84 Å². The minimum Gasteiger partial charge on any atom is -0.352 e. The summed E-state index contributed by atoms with van der Waals surface area (Å²) in [5.74, 6) is -0.166. The van der Waals surface area contributed by atoms with Crippen LogP contribution in [0.2, 0.25) is 0 Å². The van der Waals surface area contributed by atoms with Crippen molar-refractivity contribution < 1.29 is 9.32 Å². The lowest BCUT2D eigenvalue weighted by Crippen LogP contribution is -2.26. The van der Waals surface area contributed by atoms with E-state index in [1.807, 2.05) is 25.1 Å². The average Bonchev–Trinajstić information content (AvgIpc) is 2.89. The van der Waals surface area contributed by atoms with E-state index in [0.29, 0.717) is 24.2 Å². The Kier molecular flexibility index (Phi) is 3.59. The second-order valence-corrected chi connectivity index (χ2v) is 4.67. The van der Waals surface area contributed by atoms with Crippen molar-refractivity contribution in [1.82, 2.24) is 20.4 Å². The molecule has 106 valence electrons. The fourth-order valence-electron chi connectivity index (χ4n) is 2.02. The Labute approximate surface area is 121 Å². The van der Waals surface area contributed by atoms with Crippen LogP contribution in [0.15, 0.2) is 41.2 Å². The van der Waals surface area contributed by atoms with Gasteiger partial charge in [0.25, 0.3) is 11.6 Å². The predicted molar refractivity (Wildman–Crippen MR) is 76.8 cm³/mol. The molecule has 3 heterocycles. The van der Waals surface area contributed by atoms with Crippen molar-refractivity contribution in [3.63, 3.8) is 0 Å². The number of amides is 1. The third-order valence-corrected chi connectivity index (χ3v) is 3.17. The van der Waals surface area contributed by atoms with Gasteiger partial charge in [0.2, 0.25) is 0 Å². The first-order chi connectivity index (χ1) is 10.2. The summed E-state index contributed by atoms with van der Waals surface area (Å²) >= 11 is 0. The standard InChI is InChI=1S/C15H14N4O2/c1-10-13-8-11(9-18-15(13)21-19-10)14(20)17-7-5-12-4-2-3-6-16-12/h2-4,6,8-9H,5,7H2,1H3,(H,17,20). The van der Waals surface area contributed by atoms with Gasteiger partial charge in [0, 0.05) is 31.1 Å². The maximum Gasteiger partial charge on any atom is 0.257 e. The van der Waals surface area contributed by atoms with Crippen molar-refractivity contribution in [1.29, 1.82) is 0 Å². The normalized spacial score (nSPS) is 10.7. The molecule has 0 saturated heterocycles. The maximum absolute atomic E-state index is 12.1. The molecular formula is C15H14N4O2. The van der Waals surface area contributed by atoms with Gasteiger partial charge in [-0.25, -0.2) is 4.98 Å². The number of rotatable bonds is 4. The number of nitrogens with one attached hydrogen (secondary N) is 1. The molecule has 0 spiro atoms. The quantitative estimate of drug-likeness (QED) is 0.790. The highest BCUT2D eigenvalue weighted by molar-refractivity contribution is 5.96. The molecule has 0 saturated carbocycles. The van der Waals surface area contributed by atoms with Gasteiger partial charge in [-0.05, 0) is 25.1 Å². The fourth-order valence-corrected chi connectivity index (χ4v) is 2.02. The summed E-state index contributed by atoms with van der Waals surface area (Å²) in [6.45, 7) is 2.34. The second kappa shape index (κ2) is 5.70. The third-order valence-electron chi connectivity index (χ3n) is 3.17. The monoisotopic (exact) mass is 282 g/mol. The molecule has 0 aromatic carbocycles. The van der Waals surface area contributed by atoms with E-state index in [2.05, 4.69) is 20.4 Å². The minimum atomic E-state index is -0.166. The molecule has 0 unspecified atom stereocenters. The van der Waals surface area contributed by atoms with Gasteiger partial charge in [0.1, 0.15) is 0 Å². The lowest BCUT2D eigenvalue weighted by molar-refractivity contribution is 0.0954. The van der Waals surface area contributed by atoms with Gasteiger partial charge in [-0.2, -0.15) is 0 Å². The van der Waals surface area contributed by atoms with Crippen LogP contribution in [0.4, 0.5) is 0 Å². The third kappa shape index (κ3) is 2.89. The first-order valence-electron chi connectivity index (χ1n) is 6.64. The molecule has 0 aliphatic rings. The number of hydrogen-bond donors (Lipinski definition) is 1. The zero-order valence-electron chi connectivity index (χ0n) is 11.5. The summed E-state index contributed by atoms with van der Waals surface area (Å²) in [7, 11) is 0. The molecule has 3 rings (SSSR count). The van der Waals surface area contributed by atoms with E-state index in [-0.39, 0.29) is 5.91 Å². The van der Waals surface area contributed by atoms with Crippen LogP contribution < -0.4 is 5.32 Å². The Morgan fingerprint density at radius 1 is 1.33 bits per heavy atom. The zero-order valence-corrected chi connectivity index (χ0v) is 11.5. The molecule has 6 nitrogen and oxygen atoms in total. The number of carbonyl (C=O) groups excluding carboxylic acids is 1. The van der Waals surface area contributed by atoms with Crippen molar-refractivity contribution in [2.75, 3.05) is 6.54 Å². The molecule has 0 radical (unpaired) electrons. The van der Waals surface area contributed by atoms with Crippen LogP contribution in [0.3, 0.4) is 0 Å². The number of aryl methyl sites for hydroxylation is 1. The number of hydrogen-bond acceptors (Lipinski definition) is 5. The molecule has 1 N–H and O–H groups in total. The summed E-state index contributed by atoms with van der Waals surface area (Å²) in [5.41, 5.74) is 2.61. The van der Waals surface area contributed by atoms with Crippen LogP contribution in [0.5, 0.6) is 0 Å². The zero-order chi connectivity index (χ0) is 14.7. The first kappa shape index (κ1) is 13.2. The number of nitrogens with zero attached hydrogens (tertiary/aromatic N) is 3. The highest BCUT2D eigenvalue weighted by atomic mass is 16.5. The van der Waals surface area contributed by atoms with E-state index in [0.717, 1.165) is 16.8 Å². The predicted octanol–water partition coefficient (Wildman–Crippen LogP) is 1.90. The molecule has 21 heavy (non-hydrogen) atoms. The number of aromatic nitrogens is 3. The lowest BCUT2D eigenvalue weighted by atomic mass is 10.2. The Balaban J connectivity index is 1.65. The molecule has 6 heteroatoms. The van der Waals surface area contributed by atoms with E-state index in [1.165, 1.54) is 6.20 Å². The van der Waals surface area contributed by atoms with Crippen LogP contribution in [-0.4, -0.2) is 27.6 Å². The van der Waals surface area contributed by atoms with Crippen molar-refractivity contribution in [2.45, 2.75) is 13.3 Å². The first-order valence-corrected chi connectivity index (χ1v) is 6.64. The van der Waals surface area contributed by atoms with Gasteiger partial charge in [-0.1, -0.05) is 11.2 Å². The van der Waals surface area contributed by atoms with Gasteiger partial charge in [0.15, 0.2) is 0 Å². The summed E-state index contributed by atoms with van der Waals surface area (Å²) < 4.78 is 5.02. The summed E-state index contributed by atoms with van der Waals surface area (Å²) in [6.07, 6.45) is 3.92. The molecule has 1 amide bonds. The lowest BCUT2D eigenvalue weighted by Gasteiger charge is -2.04. The molecule has 0 bridgehead atoms. The smallest absolute Gasteiger partial charge is 0.257 e. The maximum atomic E-state index is 12.1. The van der Waals surface area contributed by atoms with Gasteiger partial charge >= 0.3 is 0 Å². The fraction of sp³-hybridized carbons (Fsp3) is 0.200. The largest absolute Gasteiger partial charge is 0.352 e. The number of pyridine rings is 2. The van der Waals surface area contributed by atoms with Crippen LogP contribution in [-0.2, 0) is 6.42 Å². The van der Waals surface area contributed by atoms with Crippen molar-refractivity contribution >= 4 is 17.0 Å². The summed E-state index contributed by atoms with van der Waals surface area (Å²) in [5, 5.41) is 7.43. The van der Waals surface area contributed by atoms with E-state index in [4.69, 9.17) is 4.52 Å². The van der Waals surface area contributed by atoms with E-state index in [9.17, 15) is 4.79 Å². The van der Waals surface area contributed by atoms with Crippen LogP contribution in [0, 0.1) is 6.92 Å². The van der Waals surface area contributed by atoms with Crippen molar-refractivity contribution in [3.8, 4) is 0 Å². The molecule has 0 aliphatic carbocycles. The molecule has 3 aromatic heterocycles. The van der Waals surface area contributed by atoms with Crippen molar-refractivity contribution in [3.05, 3.63) is 53.6 Å². The Bertz CT molecular complexity index is 768. The minimum absolute atomic E-state index is 0.166. The van der Waals surface area contributed by atoms with Crippen LogP contribution >= 0.6 is 0 Å². The van der Waals surface area contributed by atoms with Crippen molar-refractivity contribution in [2.24, 2.45) is 0 Å². The Hall–Kier alpha value is -2.76. The highest BCUT2D eigenvalue weighted by Gasteiger charge is 2.11. The number of fused-ring (bicyclic) bond motifs is 1. The Morgan fingerprint density at radius 3 is 3.05 bits per heavy atom. The molecule has 0 atom stereocenters. The molecule has 0 aliphatic heterocycles. The van der Waals surface area contributed by atoms with E-state index >= 15 is 0 Å². The molecule has 0 fully saturated rings. The Morgan fingerprint density at radius 2 is 2.24 bits per heavy atom. The highest BCUT2D eigenvalue weighted by Crippen LogP contribution is 2.16. The van der Waals surface area contributed by atoms with Gasteiger partial charge in [-0.3, -0.25) is 9.78 Å². The topological polar surface area (TPSA) is 80.9 Å². The van der Waals surface area contributed by atoms with Crippen LogP contribution in [0.25, 0.3) is 11.1 Å². The van der Waals surface area contributed by atoms with Gasteiger partial charge in [0.05, 0.1) is 16.6 Å². The van der Waals surface area contributed by atoms with Crippen LogP contribution in [0.1, 0.15) is 21.7 Å². The van der Waals surface area contributed by atoms with E-state index < -0.39 is 0 Å². The summed E-state index contributed by atoms with van der Waals surface area (Å²) in [6, 6.07) is 7.46. The molecule has 3 aromatic rings. The SMILES string of the molecule is Cc1noc2ncc(C(=O)NCCc3ccccn3)cc12. The average molecular weight is 282 g/mol. The van der Waals surface area contributed by atoms with Gasteiger partial charge in [-0.15, -0.1) is 0 Å².